The van der Waals surface area contributed by atoms with E-state index in [1.165, 1.54) is 12.1 Å². The van der Waals surface area contributed by atoms with Crippen LogP contribution in [-0.2, 0) is 39.1 Å². The van der Waals surface area contributed by atoms with E-state index < -0.39 is 15.7 Å². The molecule has 0 saturated heterocycles. The SMILES string of the molecule is CCc1noc(C)c1CS(=O)(=O)Cc1cc(F)cc2c1OCOC2. The molecule has 6 nitrogen and oxygen atoms in total. The van der Waals surface area contributed by atoms with Crippen LogP contribution in [0.3, 0.4) is 0 Å². The number of benzene rings is 1. The molecule has 0 spiro atoms. The van der Waals surface area contributed by atoms with Crippen molar-refractivity contribution >= 4 is 9.84 Å². The maximum Gasteiger partial charge on any atom is 0.189 e. The lowest BCUT2D eigenvalue weighted by atomic mass is 10.1. The first-order valence-electron chi connectivity index (χ1n) is 7.56. The van der Waals surface area contributed by atoms with Gasteiger partial charge in [-0.15, -0.1) is 0 Å². The molecule has 0 saturated carbocycles. The topological polar surface area (TPSA) is 78.6 Å². The molecule has 0 unspecified atom stereocenters. The Kier molecular flexibility index (Phi) is 4.60. The van der Waals surface area contributed by atoms with Gasteiger partial charge in [-0.25, -0.2) is 12.8 Å². The Balaban J connectivity index is 1.90. The molecule has 0 fully saturated rings. The number of rotatable bonds is 5. The van der Waals surface area contributed by atoms with E-state index in [1.807, 2.05) is 6.92 Å². The number of fused-ring (bicyclic) bond motifs is 1. The van der Waals surface area contributed by atoms with E-state index in [0.717, 1.165) is 0 Å². The Morgan fingerprint density at radius 1 is 1.29 bits per heavy atom. The molecule has 0 bridgehead atoms. The van der Waals surface area contributed by atoms with Gasteiger partial charge in [-0.1, -0.05) is 12.1 Å². The van der Waals surface area contributed by atoms with Crippen molar-refractivity contribution in [1.82, 2.24) is 5.16 Å². The molecule has 24 heavy (non-hydrogen) atoms. The summed E-state index contributed by atoms with van der Waals surface area (Å²) in [5.41, 5.74) is 2.02. The van der Waals surface area contributed by atoms with E-state index in [-0.39, 0.29) is 24.9 Å². The van der Waals surface area contributed by atoms with E-state index >= 15 is 0 Å². The number of halogens is 1. The molecule has 1 aliphatic heterocycles. The highest BCUT2D eigenvalue weighted by Crippen LogP contribution is 2.31. The van der Waals surface area contributed by atoms with Crippen molar-refractivity contribution in [2.45, 2.75) is 38.4 Å². The zero-order valence-corrected chi connectivity index (χ0v) is 14.3. The third kappa shape index (κ3) is 3.44. The van der Waals surface area contributed by atoms with E-state index in [0.29, 0.717) is 40.3 Å². The number of sulfone groups is 1. The highest BCUT2D eigenvalue weighted by atomic mass is 32.2. The van der Waals surface area contributed by atoms with Crippen LogP contribution in [0, 0.1) is 12.7 Å². The number of nitrogens with zero attached hydrogens (tertiary/aromatic N) is 1. The molecule has 1 aromatic heterocycles. The Morgan fingerprint density at radius 3 is 2.83 bits per heavy atom. The maximum absolute atomic E-state index is 13.8. The van der Waals surface area contributed by atoms with Crippen molar-refractivity contribution in [2.24, 2.45) is 0 Å². The first-order valence-corrected chi connectivity index (χ1v) is 9.38. The fourth-order valence-electron chi connectivity index (χ4n) is 2.77. The van der Waals surface area contributed by atoms with E-state index in [2.05, 4.69) is 5.16 Å². The summed E-state index contributed by atoms with van der Waals surface area (Å²) >= 11 is 0. The quantitative estimate of drug-likeness (QED) is 0.820. The van der Waals surface area contributed by atoms with Gasteiger partial charge in [-0.05, 0) is 25.5 Å². The monoisotopic (exact) mass is 355 g/mol. The summed E-state index contributed by atoms with van der Waals surface area (Å²) < 4.78 is 54.5. The summed E-state index contributed by atoms with van der Waals surface area (Å²) in [6.07, 6.45) is 0.581. The van der Waals surface area contributed by atoms with Crippen LogP contribution < -0.4 is 4.74 Å². The zero-order valence-electron chi connectivity index (χ0n) is 13.5. The molecule has 1 aliphatic rings. The summed E-state index contributed by atoms with van der Waals surface area (Å²) in [6, 6.07) is 2.49. The summed E-state index contributed by atoms with van der Waals surface area (Å²) in [7, 11) is -3.55. The third-order valence-corrected chi connectivity index (χ3v) is 5.37. The van der Waals surface area contributed by atoms with Crippen LogP contribution in [0.4, 0.5) is 4.39 Å². The van der Waals surface area contributed by atoms with Crippen LogP contribution >= 0.6 is 0 Å². The maximum atomic E-state index is 13.8. The van der Waals surface area contributed by atoms with Crippen LogP contribution in [0.25, 0.3) is 0 Å². The second-order valence-electron chi connectivity index (χ2n) is 5.71. The van der Waals surface area contributed by atoms with Gasteiger partial charge in [0.05, 0.1) is 23.8 Å². The third-order valence-electron chi connectivity index (χ3n) is 3.89. The zero-order chi connectivity index (χ0) is 17.3. The molecular formula is C16H18FNO5S. The van der Waals surface area contributed by atoms with Crippen LogP contribution in [0.2, 0.25) is 0 Å². The first-order chi connectivity index (χ1) is 11.4. The fourth-order valence-corrected chi connectivity index (χ4v) is 4.37. The van der Waals surface area contributed by atoms with Crippen molar-refractivity contribution in [3.63, 3.8) is 0 Å². The summed E-state index contributed by atoms with van der Waals surface area (Å²) in [5, 5.41) is 3.87. The smallest absolute Gasteiger partial charge is 0.189 e. The molecule has 0 amide bonds. The molecule has 2 aromatic rings. The number of hydrogen-bond acceptors (Lipinski definition) is 6. The lowest BCUT2D eigenvalue weighted by Gasteiger charge is -2.20. The van der Waals surface area contributed by atoms with Crippen molar-refractivity contribution in [3.8, 4) is 5.75 Å². The molecule has 0 radical (unpaired) electrons. The van der Waals surface area contributed by atoms with Crippen LogP contribution in [0.5, 0.6) is 5.75 Å². The van der Waals surface area contributed by atoms with Gasteiger partial charge in [0.15, 0.2) is 16.6 Å². The Bertz CT molecular complexity index is 860. The van der Waals surface area contributed by atoms with Gasteiger partial charge in [0.25, 0.3) is 0 Å². The van der Waals surface area contributed by atoms with Crippen molar-refractivity contribution in [1.29, 1.82) is 0 Å². The number of aryl methyl sites for hydroxylation is 2. The summed E-state index contributed by atoms with van der Waals surface area (Å²) in [4.78, 5) is 0. The van der Waals surface area contributed by atoms with Crippen molar-refractivity contribution < 1.29 is 26.8 Å². The van der Waals surface area contributed by atoms with Gasteiger partial charge >= 0.3 is 0 Å². The lowest BCUT2D eigenvalue weighted by Crippen LogP contribution is -2.16. The first kappa shape index (κ1) is 16.9. The Morgan fingerprint density at radius 2 is 2.08 bits per heavy atom. The minimum atomic E-state index is -3.55. The van der Waals surface area contributed by atoms with Gasteiger partial charge in [0, 0.05) is 16.7 Å². The van der Waals surface area contributed by atoms with E-state index in [1.54, 1.807) is 6.92 Å². The summed E-state index contributed by atoms with van der Waals surface area (Å²) in [6.45, 7) is 3.78. The predicted octanol–water partition coefficient (Wildman–Crippen LogP) is 2.67. The normalized spacial score (nSPS) is 14.3. The molecule has 1 aromatic carbocycles. The standard InChI is InChI=1S/C16H18FNO5S/c1-3-15-14(10(2)23-18-15)8-24(19,20)7-12-5-13(17)4-11-6-21-9-22-16(11)12/h4-5H,3,6-9H2,1-2H3. The van der Waals surface area contributed by atoms with Gasteiger partial charge in [0.2, 0.25) is 0 Å². The number of hydrogen-bond donors (Lipinski definition) is 0. The van der Waals surface area contributed by atoms with E-state index in [9.17, 15) is 12.8 Å². The average molecular weight is 355 g/mol. The molecule has 130 valence electrons. The van der Waals surface area contributed by atoms with Crippen molar-refractivity contribution in [2.75, 3.05) is 6.79 Å². The van der Waals surface area contributed by atoms with Gasteiger partial charge in [0.1, 0.15) is 17.3 Å². The van der Waals surface area contributed by atoms with Gasteiger partial charge in [-0.2, -0.15) is 0 Å². The van der Waals surface area contributed by atoms with Crippen LogP contribution in [-0.4, -0.2) is 20.4 Å². The second kappa shape index (κ2) is 6.52. The average Bonchev–Trinajstić information content (AvgIpc) is 2.86. The molecule has 0 aliphatic carbocycles. The highest BCUT2D eigenvalue weighted by Gasteiger charge is 2.24. The minimum absolute atomic E-state index is 0.0242. The van der Waals surface area contributed by atoms with Crippen molar-refractivity contribution in [3.05, 3.63) is 46.1 Å². The van der Waals surface area contributed by atoms with Gasteiger partial charge in [-0.3, -0.25) is 0 Å². The van der Waals surface area contributed by atoms with Crippen LogP contribution in [0.15, 0.2) is 16.7 Å². The lowest BCUT2D eigenvalue weighted by molar-refractivity contribution is -0.0171. The minimum Gasteiger partial charge on any atom is -0.467 e. The highest BCUT2D eigenvalue weighted by molar-refractivity contribution is 7.89. The second-order valence-corrected chi connectivity index (χ2v) is 7.78. The molecule has 3 rings (SSSR count). The van der Waals surface area contributed by atoms with Gasteiger partial charge < -0.3 is 14.0 Å². The molecular weight excluding hydrogens is 337 g/mol. The largest absolute Gasteiger partial charge is 0.467 e. The molecule has 0 N–H and O–H groups in total. The number of ether oxygens (including phenoxy) is 2. The molecule has 2 heterocycles. The predicted molar refractivity (Wildman–Crippen MR) is 83.6 cm³/mol. The fraction of sp³-hybridized carbons (Fsp3) is 0.438. The van der Waals surface area contributed by atoms with Crippen LogP contribution in [0.1, 0.15) is 35.1 Å². The summed E-state index contributed by atoms with van der Waals surface area (Å²) in [5.74, 6) is -0.150. The Hall–Kier alpha value is -1.93. The Labute approximate surface area is 139 Å². The number of aromatic nitrogens is 1. The molecule has 8 heteroatoms. The van der Waals surface area contributed by atoms with E-state index in [4.69, 9.17) is 14.0 Å². The molecule has 0 atom stereocenters.